The van der Waals surface area contributed by atoms with Gasteiger partial charge in [-0.3, -0.25) is 9.88 Å². The molecule has 3 rings (SSSR count). The van der Waals surface area contributed by atoms with Crippen LogP contribution in [0.3, 0.4) is 0 Å². The lowest BCUT2D eigenvalue weighted by atomic mass is 9.85. The van der Waals surface area contributed by atoms with Crippen LogP contribution >= 0.6 is 0 Å². The quantitative estimate of drug-likeness (QED) is 0.865. The summed E-state index contributed by atoms with van der Waals surface area (Å²) in [6.45, 7) is 6.67. The van der Waals surface area contributed by atoms with E-state index in [1.54, 1.807) is 0 Å². The first-order valence-electron chi connectivity index (χ1n) is 7.17. The van der Waals surface area contributed by atoms with E-state index < -0.39 is 0 Å². The molecule has 1 N–H and O–H groups in total. The fourth-order valence-electron chi connectivity index (χ4n) is 3.50. The maximum Gasteiger partial charge on any atom is 0.0547 e. The van der Waals surface area contributed by atoms with Gasteiger partial charge < -0.3 is 5.32 Å². The molecule has 2 saturated heterocycles. The largest absolute Gasteiger partial charge is 0.315 e. The lowest BCUT2D eigenvalue weighted by Gasteiger charge is -2.44. The molecule has 0 saturated carbocycles. The summed E-state index contributed by atoms with van der Waals surface area (Å²) in [5, 5.41) is 3.55. The number of piperidine rings is 1. The van der Waals surface area contributed by atoms with Gasteiger partial charge in [0.05, 0.1) is 5.69 Å². The summed E-state index contributed by atoms with van der Waals surface area (Å²) < 4.78 is 0. The molecule has 18 heavy (non-hydrogen) atoms. The van der Waals surface area contributed by atoms with Crippen molar-refractivity contribution in [1.82, 2.24) is 15.2 Å². The summed E-state index contributed by atoms with van der Waals surface area (Å²) in [7, 11) is 0. The maximum atomic E-state index is 4.66. The Morgan fingerprint density at radius 2 is 2.28 bits per heavy atom. The summed E-state index contributed by atoms with van der Waals surface area (Å²) in [5.41, 5.74) is 2.77. The van der Waals surface area contributed by atoms with Crippen molar-refractivity contribution in [2.24, 2.45) is 0 Å². The molecule has 0 bridgehead atoms. The van der Waals surface area contributed by atoms with E-state index in [0.29, 0.717) is 5.54 Å². The number of pyridine rings is 1. The second kappa shape index (κ2) is 4.98. The minimum absolute atomic E-state index is 0.420. The van der Waals surface area contributed by atoms with Gasteiger partial charge in [0.25, 0.3) is 0 Å². The third kappa shape index (κ3) is 2.29. The van der Waals surface area contributed by atoms with E-state index in [1.165, 1.54) is 51.0 Å². The van der Waals surface area contributed by atoms with Crippen LogP contribution in [0.4, 0.5) is 0 Å². The standard InChI is InChI=1S/C15H23N3/c1-13-5-4-6-14(17-13)11-18-10-3-2-7-15(18)8-9-16-12-15/h4-6,16H,2-3,7-12H2,1H3/t15-/m1/s1. The van der Waals surface area contributed by atoms with Gasteiger partial charge in [0.2, 0.25) is 0 Å². The zero-order chi connectivity index (χ0) is 12.4. The van der Waals surface area contributed by atoms with Crippen LogP contribution in [-0.4, -0.2) is 35.1 Å². The Balaban J connectivity index is 1.77. The molecular formula is C15H23N3. The molecule has 1 spiro atoms. The average Bonchev–Trinajstić information content (AvgIpc) is 2.82. The van der Waals surface area contributed by atoms with Crippen LogP contribution in [0.5, 0.6) is 0 Å². The lowest BCUT2D eigenvalue weighted by Crippen LogP contribution is -2.52. The fraction of sp³-hybridized carbons (Fsp3) is 0.667. The molecule has 3 heterocycles. The van der Waals surface area contributed by atoms with Crippen molar-refractivity contribution >= 4 is 0 Å². The second-order valence-electron chi connectivity index (χ2n) is 5.80. The first kappa shape index (κ1) is 12.1. The zero-order valence-corrected chi connectivity index (χ0v) is 11.3. The molecule has 0 amide bonds. The molecule has 3 nitrogen and oxygen atoms in total. The second-order valence-corrected chi connectivity index (χ2v) is 5.80. The van der Waals surface area contributed by atoms with Crippen LogP contribution in [0.2, 0.25) is 0 Å². The van der Waals surface area contributed by atoms with Gasteiger partial charge in [-0.2, -0.15) is 0 Å². The molecule has 0 radical (unpaired) electrons. The van der Waals surface area contributed by atoms with Crippen molar-refractivity contribution in [2.75, 3.05) is 19.6 Å². The van der Waals surface area contributed by atoms with Crippen LogP contribution in [0.1, 0.15) is 37.1 Å². The summed E-state index contributed by atoms with van der Waals surface area (Å²) in [4.78, 5) is 7.34. The number of hydrogen-bond donors (Lipinski definition) is 1. The smallest absolute Gasteiger partial charge is 0.0547 e. The predicted molar refractivity (Wildman–Crippen MR) is 73.5 cm³/mol. The number of likely N-dealkylation sites (tertiary alicyclic amines) is 1. The molecule has 1 aromatic rings. The predicted octanol–water partition coefficient (Wildman–Crippen LogP) is 2.11. The zero-order valence-electron chi connectivity index (χ0n) is 11.3. The summed E-state index contributed by atoms with van der Waals surface area (Å²) >= 11 is 0. The van der Waals surface area contributed by atoms with Gasteiger partial charge in [0.15, 0.2) is 0 Å². The normalized spacial score (nSPS) is 28.9. The number of rotatable bonds is 2. The van der Waals surface area contributed by atoms with E-state index in [2.05, 4.69) is 40.3 Å². The van der Waals surface area contributed by atoms with Crippen molar-refractivity contribution in [3.8, 4) is 0 Å². The third-order valence-electron chi connectivity index (χ3n) is 4.51. The topological polar surface area (TPSA) is 28.2 Å². The van der Waals surface area contributed by atoms with Crippen LogP contribution in [0.25, 0.3) is 0 Å². The van der Waals surface area contributed by atoms with Gasteiger partial charge >= 0.3 is 0 Å². The lowest BCUT2D eigenvalue weighted by molar-refractivity contribution is 0.0534. The molecule has 2 fully saturated rings. The van der Waals surface area contributed by atoms with Crippen LogP contribution in [0, 0.1) is 6.92 Å². The Hall–Kier alpha value is -0.930. The minimum atomic E-state index is 0.420. The van der Waals surface area contributed by atoms with Crippen molar-refractivity contribution < 1.29 is 0 Å². The molecule has 2 aliphatic rings. The Labute approximate surface area is 110 Å². The third-order valence-corrected chi connectivity index (χ3v) is 4.51. The molecule has 2 aliphatic heterocycles. The van der Waals surface area contributed by atoms with Gasteiger partial charge in [-0.25, -0.2) is 0 Å². The van der Waals surface area contributed by atoms with Crippen LogP contribution < -0.4 is 5.32 Å². The number of nitrogens with zero attached hydrogens (tertiary/aromatic N) is 2. The highest BCUT2D eigenvalue weighted by atomic mass is 15.2. The van der Waals surface area contributed by atoms with Gasteiger partial charge in [-0.1, -0.05) is 12.5 Å². The average molecular weight is 245 g/mol. The first-order valence-corrected chi connectivity index (χ1v) is 7.17. The highest BCUT2D eigenvalue weighted by Gasteiger charge is 2.40. The van der Waals surface area contributed by atoms with E-state index >= 15 is 0 Å². The van der Waals surface area contributed by atoms with Crippen LogP contribution in [0.15, 0.2) is 18.2 Å². The summed E-state index contributed by atoms with van der Waals surface area (Å²) in [6.07, 6.45) is 5.39. The Kier molecular flexibility index (Phi) is 3.35. The molecule has 0 aliphatic carbocycles. The maximum absolute atomic E-state index is 4.66. The van der Waals surface area contributed by atoms with E-state index in [9.17, 15) is 0 Å². The molecule has 0 aromatic carbocycles. The Bertz CT molecular complexity index is 410. The molecule has 1 atom stereocenters. The van der Waals surface area contributed by atoms with Crippen molar-refractivity contribution in [1.29, 1.82) is 0 Å². The molecule has 0 unspecified atom stereocenters. The number of aromatic nitrogens is 1. The molecule has 1 aromatic heterocycles. The highest BCUT2D eigenvalue weighted by molar-refractivity contribution is 5.11. The summed E-state index contributed by atoms with van der Waals surface area (Å²) in [5.74, 6) is 0. The minimum Gasteiger partial charge on any atom is -0.315 e. The first-order chi connectivity index (χ1) is 8.78. The van der Waals surface area contributed by atoms with E-state index in [4.69, 9.17) is 0 Å². The fourth-order valence-corrected chi connectivity index (χ4v) is 3.50. The molecular weight excluding hydrogens is 222 g/mol. The van der Waals surface area contributed by atoms with E-state index in [1.807, 2.05) is 0 Å². The van der Waals surface area contributed by atoms with Gasteiger partial charge in [-0.05, 0) is 51.4 Å². The number of nitrogens with one attached hydrogen (secondary N) is 1. The number of aryl methyl sites for hydroxylation is 1. The van der Waals surface area contributed by atoms with E-state index in [0.717, 1.165) is 12.2 Å². The highest BCUT2D eigenvalue weighted by Crippen LogP contribution is 2.34. The Morgan fingerprint density at radius 3 is 3.06 bits per heavy atom. The van der Waals surface area contributed by atoms with Gasteiger partial charge in [-0.15, -0.1) is 0 Å². The van der Waals surface area contributed by atoms with Crippen molar-refractivity contribution in [3.63, 3.8) is 0 Å². The van der Waals surface area contributed by atoms with Gasteiger partial charge in [0, 0.05) is 24.3 Å². The molecule has 3 heteroatoms. The monoisotopic (exact) mass is 245 g/mol. The van der Waals surface area contributed by atoms with Crippen molar-refractivity contribution in [3.05, 3.63) is 29.6 Å². The van der Waals surface area contributed by atoms with E-state index in [-0.39, 0.29) is 0 Å². The Morgan fingerprint density at radius 1 is 1.33 bits per heavy atom. The summed E-state index contributed by atoms with van der Waals surface area (Å²) in [6, 6.07) is 6.37. The SMILES string of the molecule is Cc1cccc(CN2CCCC[C@]23CCNC3)n1. The van der Waals surface area contributed by atoms with Gasteiger partial charge in [0.1, 0.15) is 0 Å². The number of hydrogen-bond acceptors (Lipinski definition) is 3. The van der Waals surface area contributed by atoms with Crippen molar-refractivity contribution in [2.45, 2.75) is 44.7 Å². The molecule has 98 valence electrons. The van der Waals surface area contributed by atoms with Crippen LogP contribution in [-0.2, 0) is 6.54 Å².